The van der Waals surface area contributed by atoms with E-state index in [0.717, 1.165) is 12.7 Å². The molecule has 0 atom stereocenters. The van der Waals surface area contributed by atoms with Crippen LogP contribution >= 0.6 is 0 Å². The zero-order chi connectivity index (χ0) is 9.90. The van der Waals surface area contributed by atoms with Crippen LogP contribution in [0.1, 0.15) is 19.0 Å². The van der Waals surface area contributed by atoms with Crippen molar-refractivity contribution in [2.45, 2.75) is 19.8 Å². The second kappa shape index (κ2) is 3.73. The first-order chi connectivity index (χ1) is 6.03. The van der Waals surface area contributed by atoms with Crippen LogP contribution in [0.2, 0.25) is 0 Å². The zero-order valence-corrected chi connectivity index (χ0v) is 8.26. The molecular weight excluding hydrogens is 194 g/mol. The van der Waals surface area contributed by atoms with Gasteiger partial charge in [-0.05, 0) is 11.6 Å². The van der Waals surface area contributed by atoms with Crippen LogP contribution in [0.5, 0.6) is 0 Å². The highest BCUT2D eigenvalue weighted by atomic mass is 32.2. The Morgan fingerprint density at radius 2 is 2.15 bits per heavy atom. The molecule has 74 valence electrons. The number of aromatic nitrogens is 2. The van der Waals surface area contributed by atoms with Crippen molar-refractivity contribution in [3.8, 4) is 0 Å². The standard InChI is InChI=1S/C6H11N3O3S/c1-3-4-5-6(8-12-7-5)9-13(2,10)11/h3-4H2,1-2H3,(H,8,9). The first-order valence-corrected chi connectivity index (χ1v) is 5.71. The molecule has 1 rings (SSSR count). The fourth-order valence-corrected chi connectivity index (χ4v) is 1.37. The van der Waals surface area contributed by atoms with E-state index in [1.165, 1.54) is 0 Å². The van der Waals surface area contributed by atoms with Gasteiger partial charge in [-0.1, -0.05) is 18.5 Å². The van der Waals surface area contributed by atoms with Gasteiger partial charge in [0.15, 0.2) is 0 Å². The number of aryl methyl sites for hydroxylation is 1. The smallest absolute Gasteiger partial charge is 0.231 e. The van der Waals surface area contributed by atoms with Crippen molar-refractivity contribution in [3.63, 3.8) is 0 Å². The summed E-state index contributed by atoms with van der Waals surface area (Å²) in [5.74, 6) is 0.185. The first-order valence-electron chi connectivity index (χ1n) is 3.82. The summed E-state index contributed by atoms with van der Waals surface area (Å²) in [5.41, 5.74) is 0.535. The highest BCUT2D eigenvalue weighted by molar-refractivity contribution is 7.92. The monoisotopic (exact) mass is 205 g/mol. The van der Waals surface area contributed by atoms with E-state index in [1.807, 2.05) is 6.92 Å². The van der Waals surface area contributed by atoms with Crippen molar-refractivity contribution in [2.75, 3.05) is 11.0 Å². The zero-order valence-electron chi connectivity index (χ0n) is 7.44. The molecular formula is C6H11N3O3S. The van der Waals surface area contributed by atoms with Crippen LogP contribution in [0.15, 0.2) is 4.63 Å². The Balaban J connectivity index is 2.82. The second-order valence-electron chi connectivity index (χ2n) is 2.68. The molecule has 0 saturated carbocycles. The van der Waals surface area contributed by atoms with E-state index in [9.17, 15) is 8.42 Å². The third kappa shape index (κ3) is 3.02. The average molecular weight is 205 g/mol. The van der Waals surface area contributed by atoms with Gasteiger partial charge in [-0.15, -0.1) is 0 Å². The summed E-state index contributed by atoms with van der Waals surface area (Å²) in [6, 6.07) is 0. The Morgan fingerprint density at radius 1 is 1.46 bits per heavy atom. The third-order valence-electron chi connectivity index (χ3n) is 1.33. The van der Waals surface area contributed by atoms with Crippen LogP contribution in [0.3, 0.4) is 0 Å². The van der Waals surface area contributed by atoms with E-state index in [1.54, 1.807) is 0 Å². The summed E-state index contributed by atoms with van der Waals surface area (Å²) in [4.78, 5) is 0. The molecule has 0 bridgehead atoms. The fraction of sp³-hybridized carbons (Fsp3) is 0.667. The normalized spacial score (nSPS) is 11.5. The Bertz CT molecular complexity index is 370. The highest BCUT2D eigenvalue weighted by Gasteiger charge is 2.12. The van der Waals surface area contributed by atoms with Crippen LogP contribution in [-0.2, 0) is 16.4 Å². The van der Waals surface area contributed by atoms with Crippen molar-refractivity contribution in [1.82, 2.24) is 10.3 Å². The molecule has 0 aliphatic carbocycles. The maximum Gasteiger partial charge on any atom is 0.231 e. The number of hydrogen-bond acceptors (Lipinski definition) is 5. The van der Waals surface area contributed by atoms with Gasteiger partial charge in [-0.2, -0.15) is 0 Å². The Labute approximate surface area is 76.3 Å². The van der Waals surface area contributed by atoms with E-state index in [-0.39, 0.29) is 5.82 Å². The van der Waals surface area contributed by atoms with E-state index in [4.69, 9.17) is 0 Å². The van der Waals surface area contributed by atoms with Crippen LogP contribution in [0.25, 0.3) is 0 Å². The Morgan fingerprint density at radius 3 is 2.69 bits per heavy atom. The van der Waals surface area contributed by atoms with Crippen LogP contribution in [0.4, 0.5) is 5.82 Å². The summed E-state index contributed by atoms with van der Waals surface area (Å²) in [7, 11) is -3.30. The van der Waals surface area contributed by atoms with Gasteiger partial charge in [0.2, 0.25) is 15.8 Å². The summed E-state index contributed by atoms with van der Waals surface area (Å²) in [6.07, 6.45) is 2.55. The number of sulfonamides is 1. The summed E-state index contributed by atoms with van der Waals surface area (Å²) in [5, 5.41) is 7.02. The van der Waals surface area contributed by atoms with Crippen molar-refractivity contribution in [2.24, 2.45) is 0 Å². The van der Waals surface area contributed by atoms with Gasteiger partial charge in [-0.25, -0.2) is 13.0 Å². The molecule has 1 aromatic heterocycles. The van der Waals surface area contributed by atoms with Crippen LogP contribution < -0.4 is 4.72 Å². The minimum absolute atomic E-state index is 0.185. The van der Waals surface area contributed by atoms with Gasteiger partial charge in [-0.3, -0.25) is 4.72 Å². The summed E-state index contributed by atoms with van der Waals surface area (Å²) in [6.45, 7) is 1.96. The maximum atomic E-state index is 10.8. The van der Waals surface area contributed by atoms with Crippen molar-refractivity contribution >= 4 is 15.8 Å². The van der Waals surface area contributed by atoms with Gasteiger partial charge in [0.25, 0.3) is 0 Å². The molecule has 0 spiro atoms. The predicted molar refractivity (Wildman–Crippen MR) is 46.8 cm³/mol. The van der Waals surface area contributed by atoms with Gasteiger partial charge in [0.1, 0.15) is 5.69 Å². The average Bonchev–Trinajstić information content (AvgIpc) is 2.34. The van der Waals surface area contributed by atoms with Crippen molar-refractivity contribution in [1.29, 1.82) is 0 Å². The molecule has 1 heterocycles. The lowest BCUT2D eigenvalue weighted by Crippen LogP contribution is -2.11. The minimum atomic E-state index is -3.30. The van der Waals surface area contributed by atoms with Crippen LogP contribution in [0, 0.1) is 0 Å². The molecule has 0 aliphatic rings. The van der Waals surface area contributed by atoms with Gasteiger partial charge in [0, 0.05) is 0 Å². The van der Waals surface area contributed by atoms with E-state index in [0.29, 0.717) is 12.1 Å². The maximum absolute atomic E-state index is 10.8. The molecule has 13 heavy (non-hydrogen) atoms. The first kappa shape index (κ1) is 9.97. The molecule has 0 aliphatic heterocycles. The minimum Gasteiger partial charge on any atom is -0.263 e. The number of nitrogens with zero attached hydrogens (tertiary/aromatic N) is 2. The lowest BCUT2D eigenvalue weighted by atomic mass is 10.2. The highest BCUT2D eigenvalue weighted by Crippen LogP contribution is 2.12. The largest absolute Gasteiger partial charge is 0.263 e. The molecule has 0 saturated heterocycles. The number of rotatable bonds is 4. The summed E-state index contributed by atoms with van der Waals surface area (Å²) >= 11 is 0. The lowest BCUT2D eigenvalue weighted by Gasteiger charge is -1.98. The lowest BCUT2D eigenvalue weighted by molar-refractivity contribution is 0.304. The Hall–Kier alpha value is -1.11. The Kier molecular flexibility index (Phi) is 2.86. The molecule has 6 nitrogen and oxygen atoms in total. The predicted octanol–water partition coefficient (Wildman–Crippen LogP) is 0.394. The molecule has 0 amide bonds. The van der Waals surface area contributed by atoms with E-state index < -0.39 is 10.0 Å². The third-order valence-corrected chi connectivity index (χ3v) is 1.89. The molecule has 0 fully saturated rings. The topological polar surface area (TPSA) is 85.1 Å². The number of nitrogens with one attached hydrogen (secondary N) is 1. The quantitative estimate of drug-likeness (QED) is 0.768. The van der Waals surface area contributed by atoms with Crippen molar-refractivity contribution in [3.05, 3.63) is 5.69 Å². The van der Waals surface area contributed by atoms with E-state index >= 15 is 0 Å². The van der Waals surface area contributed by atoms with Crippen molar-refractivity contribution < 1.29 is 13.0 Å². The molecule has 0 unspecified atom stereocenters. The molecule has 0 radical (unpaired) electrons. The van der Waals surface area contributed by atoms with E-state index in [2.05, 4.69) is 19.7 Å². The number of hydrogen-bond donors (Lipinski definition) is 1. The molecule has 0 aromatic carbocycles. The molecule has 1 N–H and O–H groups in total. The van der Waals surface area contributed by atoms with Gasteiger partial charge >= 0.3 is 0 Å². The van der Waals surface area contributed by atoms with Crippen LogP contribution in [-0.4, -0.2) is 25.0 Å². The second-order valence-corrected chi connectivity index (χ2v) is 4.43. The molecule has 7 heteroatoms. The SMILES string of the molecule is CCCc1nonc1NS(C)(=O)=O. The van der Waals surface area contributed by atoms with Gasteiger partial charge < -0.3 is 0 Å². The fourth-order valence-electron chi connectivity index (χ4n) is 0.860. The van der Waals surface area contributed by atoms with Gasteiger partial charge in [0.05, 0.1) is 6.26 Å². The number of anilines is 1. The summed E-state index contributed by atoms with van der Waals surface area (Å²) < 4.78 is 28.3. The molecule has 1 aromatic rings.